The lowest BCUT2D eigenvalue weighted by Crippen LogP contribution is -2.03. The van der Waals surface area contributed by atoms with Gasteiger partial charge in [0.05, 0.1) is 16.9 Å². The molecule has 2 aromatic heterocycles. The second kappa shape index (κ2) is 4.33. The van der Waals surface area contributed by atoms with Crippen LogP contribution in [0.4, 0.5) is 0 Å². The molecule has 0 amide bonds. The number of hydrogen-bond acceptors (Lipinski definition) is 2. The summed E-state index contributed by atoms with van der Waals surface area (Å²) < 4.78 is 3.71. The van der Waals surface area contributed by atoms with Crippen LogP contribution in [0.1, 0.15) is 34.4 Å². The molecule has 0 saturated heterocycles. The van der Waals surface area contributed by atoms with E-state index >= 15 is 0 Å². The van der Waals surface area contributed by atoms with Crippen molar-refractivity contribution >= 4 is 5.97 Å². The Morgan fingerprint density at radius 3 is 2.61 bits per heavy atom. The van der Waals surface area contributed by atoms with Crippen LogP contribution in [0.25, 0.3) is 5.69 Å². The molecule has 0 bridgehead atoms. The molecule has 0 atom stereocenters. The zero-order chi connectivity index (χ0) is 13.4. The minimum atomic E-state index is -0.892. The molecule has 0 unspecified atom stereocenters. The molecule has 0 spiro atoms. The molecule has 0 saturated carbocycles. The van der Waals surface area contributed by atoms with Crippen molar-refractivity contribution in [1.82, 2.24) is 14.3 Å². The monoisotopic (exact) mass is 247 g/mol. The molecule has 5 nitrogen and oxygen atoms in total. The molecule has 18 heavy (non-hydrogen) atoms. The zero-order valence-electron chi connectivity index (χ0n) is 11.1. The molecule has 0 aliphatic rings. The van der Waals surface area contributed by atoms with E-state index in [2.05, 4.69) is 5.10 Å². The average molecular weight is 247 g/mol. The summed E-state index contributed by atoms with van der Waals surface area (Å²) in [5.74, 6) is -0.892. The first kappa shape index (κ1) is 12.4. The Kier molecular flexibility index (Phi) is 2.98. The van der Waals surface area contributed by atoms with Crippen LogP contribution >= 0.6 is 0 Å². The predicted molar refractivity (Wildman–Crippen MR) is 68.3 cm³/mol. The van der Waals surface area contributed by atoms with Gasteiger partial charge in [0, 0.05) is 24.6 Å². The van der Waals surface area contributed by atoms with Crippen molar-refractivity contribution in [2.24, 2.45) is 7.05 Å². The molecule has 1 N–H and O–H groups in total. The van der Waals surface area contributed by atoms with E-state index in [0.717, 1.165) is 29.2 Å². The first-order valence-electron chi connectivity index (χ1n) is 5.90. The Labute approximate surface area is 106 Å². The van der Waals surface area contributed by atoms with Crippen LogP contribution in [0.2, 0.25) is 0 Å². The molecule has 96 valence electrons. The summed E-state index contributed by atoms with van der Waals surface area (Å²) in [6.45, 7) is 5.77. The number of aryl methyl sites for hydroxylation is 3. The van der Waals surface area contributed by atoms with Crippen LogP contribution < -0.4 is 0 Å². The lowest BCUT2D eigenvalue weighted by molar-refractivity contribution is 0.0696. The van der Waals surface area contributed by atoms with Crippen molar-refractivity contribution in [3.05, 3.63) is 34.9 Å². The van der Waals surface area contributed by atoms with Gasteiger partial charge in [-0.05, 0) is 26.3 Å². The van der Waals surface area contributed by atoms with Crippen molar-refractivity contribution < 1.29 is 9.90 Å². The maximum Gasteiger partial charge on any atom is 0.337 e. The van der Waals surface area contributed by atoms with Gasteiger partial charge >= 0.3 is 5.97 Å². The van der Waals surface area contributed by atoms with Crippen LogP contribution in [-0.2, 0) is 13.5 Å². The fourth-order valence-corrected chi connectivity index (χ4v) is 2.31. The fraction of sp³-hybridized carbons (Fsp3) is 0.385. The normalized spacial score (nSPS) is 10.9. The van der Waals surface area contributed by atoms with Gasteiger partial charge in [-0.15, -0.1) is 0 Å². The summed E-state index contributed by atoms with van der Waals surface area (Å²) in [6.07, 6.45) is 2.74. The third-order valence-electron chi connectivity index (χ3n) is 3.12. The number of nitrogens with zero attached hydrogens (tertiary/aromatic N) is 3. The SMILES string of the molecule is CCc1nn(C)cc1-n1c(C)cc(C(=O)O)c1C. The van der Waals surface area contributed by atoms with E-state index in [1.165, 1.54) is 0 Å². The van der Waals surface area contributed by atoms with E-state index in [9.17, 15) is 4.79 Å². The Hall–Kier alpha value is -2.04. The minimum absolute atomic E-state index is 0.346. The standard InChI is InChI=1S/C13H17N3O2/c1-5-11-12(7-15(4)14-11)16-8(2)6-10(9(16)3)13(17)18/h6-7H,5H2,1-4H3,(H,17,18). The molecule has 5 heteroatoms. The largest absolute Gasteiger partial charge is 0.478 e. The van der Waals surface area contributed by atoms with Crippen molar-refractivity contribution in [2.75, 3.05) is 0 Å². The van der Waals surface area contributed by atoms with Gasteiger partial charge in [0.15, 0.2) is 0 Å². The first-order valence-corrected chi connectivity index (χ1v) is 5.90. The smallest absolute Gasteiger partial charge is 0.337 e. The van der Waals surface area contributed by atoms with Crippen LogP contribution in [-0.4, -0.2) is 25.4 Å². The summed E-state index contributed by atoms with van der Waals surface area (Å²) in [7, 11) is 1.87. The Morgan fingerprint density at radius 2 is 2.11 bits per heavy atom. The van der Waals surface area contributed by atoms with E-state index in [1.807, 2.05) is 38.6 Å². The Balaban J connectivity index is 2.67. The zero-order valence-corrected chi connectivity index (χ0v) is 11.1. The number of carboxylic acids is 1. The third-order valence-corrected chi connectivity index (χ3v) is 3.12. The number of carboxylic acid groups (broad SMARTS) is 1. The van der Waals surface area contributed by atoms with Gasteiger partial charge < -0.3 is 9.67 Å². The number of rotatable bonds is 3. The number of aromatic carboxylic acids is 1. The summed E-state index contributed by atoms with van der Waals surface area (Å²) in [6, 6.07) is 1.70. The van der Waals surface area contributed by atoms with E-state index in [0.29, 0.717) is 5.56 Å². The highest BCUT2D eigenvalue weighted by atomic mass is 16.4. The first-order chi connectivity index (χ1) is 8.45. The van der Waals surface area contributed by atoms with Gasteiger partial charge in [0.25, 0.3) is 0 Å². The highest BCUT2D eigenvalue weighted by molar-refractivity contribution is 5.89. The average Bonchev–Trinajstić information content (AvgIpc) is 2.79. The molecular formula is C13H17N3O2. The maximum atomic E-state index is 11.1. The second-order valence-electron chi connectivity index (χ2n) is 4.41. The second-order valence-corrected chi connectivity index (χ2v) is 4.41. The quantitative estimate of drug-likeness (QED) is 0.903. The highest BCUT2D eigenvalue weighted by Gasteiger charge is 2.18. The van der Waals surface area contributed by atoms with E-state index in [1.54, 1.807) is 10.7 Å². The van der Waals surface area contributed by atoms with Gasteiger partial charge in [-0.2, -0.15) is 5.10 Å². The van der Waals surface area contributed by atoms with Gasteiger partial charge in [0.1, 0.15) is 0 Å². The third kappa shape index (κ3) is 1.81. The van der Waals surface area contributed by atoms with Crippen LogP contribution in [0, 0.1) is 13.8 Å². The molecule has 0 aliphatic carbocycles. The van der Waals surface area contributed by atoms with Gasteiger partial charge in [-0.1, -0.05) is 6.92 Å². The van der Waals surface area contributed by atoms with Gasteiger partial charge in [0.2, 0.25) is 0 Å². The lowest BCUT2D eigenvalue weighted by Gasteiger charge is -2.08. The van der Waals surface area contributed by atoms with E-state index in [4.69, 9.17) is 5.11 Å². The van der Waals surface area contributed by atoms with Crippen molar-refractivity contribution in [3.63, 3.8) is 0 Å². The highest BCUT2D eigenvalue weighted by Crippen LogP contribution is 2.23. The van der Waals surface area contributed by atoms with Crippen molar-refractivity contribution in [2.45, 2.75) is 27.2 Å². The number of carbonyl (C=O) groups is 1. The van der Waals surface area contributed by atoms with Crippen molar-refractivity contribution in [3.8, 4) is 5.69 Å². The Morgan fingerprint density at radius 1 is 1.44 bits per heavy atom. The van der Waals surface area contributed by atoms with Gasteiger partial charge in [-0.3, -0.25) is 4.68 Å². The maximum absolute atomic E-state index is 11.1. The lowest BCUT2D eigenvalue weighted by atomic mass is 10.2. The molecule has 2 rings (SSSR count). The van der Waals surface area contributed by atoms with Crippen LogP contribution in [0.15, 0.2) is 12.3 Å². The van der Waals surface area contributed by atoms with Crippen molar-refractivity contribution in [1.29, 1.82) is 0 Å². The molecular weight excluding hydrogens is 230 g/mol. The van der Waals surface area contributed by atoms with Gasteiger partial charge in [-0.25, -0.2) is 4.79 Å². The van der Waals surface area contributed by atoms with Crippen LogP contribution in [0.3, 0.4) is 0 Å². The van der Waals surface area contributed by atoms with E-state index < -0.39 is 5.97 Å². The molecule has 0 radical (unpaired) electrons. The molecule has 2 heterocycles. The molecule has 0 aliphatic heterocycles. The number of hydrogen-bond donors (Lipinski definition) is 1. The Bertz CT molecular complexity index is 608. The summed E-state index contributed by atoms with van der Waals surface area (Å²) in [5, 5.41) is 13.5. The molecule has 2 aromatic rings. The molecule has 0 aromatic carbocycles. The summed E-state index contributed by atoms with van der Waals surface area (Å²) in [5.41, 5.74) is 3.92. The fourth-order valence-electron chi connectivity index (χ4n) is 2.31. The minimum Gasteiger partial charge on any atom is -0.478 e. The molecule has 0 fully saturated rings. The topological polar surface area (TPSA) is 60.0 Å². The van der Waals surface area contributed by atoms with Crippen LogP contribution in [0.5, 0.6) is 0 Å². The summed E-state index contributed by atoms with van der Waals surface area (Å²) in [4.78, 5) is 11.1. The van der Waals surface area contributed by atoms with E-state index in [-0.39, 0.29) is 0 Å². The predicted octanol–water partition coefficient (Wildman–Crippen LogP) is 2.09. The summed E-state index contributed by atoms with van der Waals surface area (Å²) >= 11 is 0. The number of aromatic nitrogens is 3.